The Morgan fingerprint density at radius 2 is 1.56 bits per heavy atom. The average molecular weight is 486 g/mol. The Bertz CT molecular complexity index is 1170. The Balaban J connectivity index is 1.34. The Morgan fingerprint density at radius 3 is 2.19 bits per heavy atom. The van der Waals surface area contributed by atoms with Gasteiger partial charge in [-0.1, -0.05) is 60.7 Å². The fraction of sp³-hybridized carbons (Fsp3) is 0.400. The molecule has 6 heteroatoms. The van der Waals surface area contributed by atoms with E-state index in [9.17, 15) is 9.59 Å². The fourth-order valence-electron chi connectivity index (χ4n) is 5.55. The predicted molar refractivity (Wildman–Crippen MR) is 140 cm³/mol. The van der Waals surface area contributed by atoms with Gasteiger partial charge in [0.2, 0.25) is 5.91 Å². The van der Waals surface area contributed by atoms with Crippen LogP contribution in [0.25, 0.3) is 0 Å². The second kappa shape index (κ2) is 9.84. The molecule has 0 spiro atoms. The maximum absolute atomic E-state index is 13.3. The second-order valence-electron chi connectivity index (χ2n) is 10.9. The lowest BCUT2D eigenvalue weighted by molar-refractivity contribution is -0.128. The first-order chi connectivity index (χ1) is 17.3. The molecule has 2 amide bonds. The van der Waals surface area contributed by atoms with Crippen LogP contribution in [0.3, 0.4) is 0 Å². The monoisotopic (exact) mass is 485 g/mol. The van der Waals surface area contributed by atoms with Crippen molar-refractivity contribution in [1.82, 2.24) is 15.1 Å². The maximum atomic E-state index is 13.3. The minimum absolute atomic E-state index is 0.0115. The molecule has 1 fully saturated rings. The molecule has 2 aromatic carbocycles. The highest BCUT2D eigenvalue weighted by molar-refractivity contribution is 5.92. The van der Waals surface area contributed by atoms with Crippen LogP contribution in [0.1, 0.15) is 38.3 Å². The molecular formula is C30H35N3O3. The first-order valence-corrected chi connectivity index (χ1v) is 12.8. The molecule has 36 heavy (non-hydrogen) atoms. The molecule has 2 aromatic rings. The Kier molecular flexibility index (Phi) is 6.61. The molecule has 1 saturated heterocycles. The van der Waals surface area contributed by atoms with Gasteiger partial charge >= 0.3 is 0 Å². The number of benzene rings is 2. The maximum Gasteiger partial charge on any atom is 0.250 e. The van der Waals surface area contributed by atoms with E-state index in [0.717, 1.165) is 30.8 Å². The van der Waals surface area contributed by atoms with Gasteiger partial charge in [0.1, 0.15) is 11.4 Å². The van der Waals surface area contributed by atoms with Gasteiger partial charge in [-0.15, -0.1) is 0 Å². The number of rotatable bonds is 7. The lowest BCUT2D eigenvalue weighted by atomic mass is 10.0. The van der Waals surface area contributed by atoms with Crippen LogP contribution in [0.15, 0.2) is 84.3 Å². The van der Waals surface area contributed by atoms with Gasteiger partial charge < -0.3 is 19.9 Å². The minimum atomic E-state index is -0.385. The van der Waals surface area contributed by atoms with E-state index in [2.05, 4.69) is 34.5 Å². The van der Waals surface area contributed by atoms with Gasteiger partial charge in [-0.05, 0) is 44.7 Å². The van der Waals surface area contributed by atoms with E-state index in [0.29, 0.717) is 13.0 Å². The first kappa shape index (κ1) is 24.2. The minimum Gasteiger partial charge on any atom is -0.490 e. The molecule has 3 aliphatic rings. The van der Waals surface area contributed by atoms with Crippen molar-refractivity contribution in [3.05, 3.63) is 95.4 Å². The number of likely N-dealkylation sites (tertiary alicyclic amines) is 1. The van der Waals surface area contributed by atoms with Crippen molar-refractivity contribution in [3.63, 3.8) is 0 Å². The predicted octanol–water partition coefficient (Wildman–Crippen LogP) is 3.84. The molecule has 188 valence electrons. The van der Waals surface area contributed by atoms with Gasteiger partial charge in [0.25, 0.3) is 5.91 Å². The molecule has 6 nitrogen and oxygen atoms in total. The number of ether oxygens (including phenoxy) is 1. The van der Waals surface area contributed by atoms with Crippen LogP contribution < -0.4 is 5.32 Å². The van der Waals surface area contributed by atoms with Gasteiger partial charge in [0, 0.05) is 37.4 Å². The number of carbonyl (C=O) groups excluding carboxylic acids is 2. The molecule has 0 aliphatic carbocycles. The number of hydrogen-bond acceptors (Lipinski definition) is 4. The third kappa shape index (κ3) is 5.32. The smallest absolute Gasteiger partial charge is 0.250 e. The van der Waals surface area contributed by atoms with Gasteiger partial charge in [-0.3, -0.25) is 9.59 Å². The zero-order valence-corrected chi connectivity index (χ0v) is 21.3. The molecule has 0 unspecified atom stereocenters. The Hall–Kier alpha value is -3.54. The Labute approximate surface area is 213 Å². The molecule has 3 atom stereocenters. The number of carbonyl (C=O) groups is 2. The summed E-state index contributed by atoms with van der Waals surface area (Å²) in [6.07, 6.45) is 5.74. The van der Waals surface area contributed by atoms with Crippen molar-refractivity contribution in [2.45, 2.75) is 63.8 Å². The highest BCUT2D eigenvalue weighted by Gasteiger charge is 2.43. The molecule has 3 heterocycles. The highest BCUT2D eigenvalue weighted by atomic mass is 16.5. The van der Waals surface area contributed by atoms with E-state index in [1.54, 1.807) is 12.2 Å². The number of nitrogens with zero attached hydrogens (tertiary/aromatic N) is 2. The largest absolute Gasteiger partial charge is 0.490 e. The van der Waals surface area contributed by atoms with Crippen LogP contribution in [-0.4, -0.2) is 58.4 Å². The summed E-state index contributed by atoms with van der Waals surface area (Å²) in [6.45, 7) is 7.57. The van der Waals surface area contributed by atoms with Gasteiger partial charge in [-0.2, -0.15) is 0 Å². The quantitative estimate of drug-likeness (QED) is 0.648. The lowest BCUT2D eigenvalue weighted by Crippen LogP contribution is -2.47. The normalized spacial score (nSPS) is 24.1. The standard InChI is InChI=1S/C30H35N3O3/c1-30(2,3)36-27-19-29(35)33(26(27)17-22-12-8-5-9-13-22)23-14-15-32(20-23)25-18-28(34)31-24(25)16-21-10-6-4-7-11-21/h4-13,18-19,23-24,26H,14-17,20H2,1-3H3,(H,31,34)/t23-,24-,26-/m0/s1. The van der Waals surface area contributed by atoms with Crippen molar-refractivity contribution in [1.29, 1.82) is 0 Å². The second-order valence-corrected chi connectivity index (χ2v) is 10.9. The number of amides is 2. The fourth-order valence-corrected chi connectivity index (χ4v) is 5.55. The molecule has 1 N–H and O–H groups in total. The van der Waals surface area contributed by atoms with Gasteiger partial charge in [0.15, 0.2) is 0 Å². The highest BCUT2D eigenvalue weighted by Crippen LogP contribution is 2.34. The molecule has 0 aromatic heterocycles. The summed E-state index contributed by atoms with van der Waals surface area (Å²) in [6, 6.07) is 20.4. The SMILES string of the molecule is CC(C)(C)OC1=CC(=O)N([C@H]2CCN(C3=CC(=O)N[C@H]3Cc3ccccc3)C2)[C@H]1Cc1ccccc1. The van der Waals surface area contributed by atoms with Crippen molar-refractivity contribution in [2.75, 3.05) is 13.1 Å². The van der Waals surface area contributed by atoms with Crippen LogP contribution >= 0.6 is 0 Å². The van der Waals surface area contributed by atoms with Crippen LogP contribution in [0.5, 0.6) is 0 Å². The molecule has 3 aliphatic heterocycles. The Morgan fingerprint density at radius 1 is 0.917 bits per heavy atom. The molecule has 0 bridgehead atoms. The number of nitrogens with one attached hydrogen (secondary N) is 1. The van der Waals surface area contributed by atoms with Crippen molar-refractivity contribution in [3.8, 4) is 0 Å². The lowest BCUT2D eigenvalue weighted by Gasteiger charge is -2.34. The van der Waals surface area contributed by atoms with E-state index >= 15 is 0 Å². The van der Waals surface area contributed by atoms with Gasteiger partial charge in [0.05, 0.1) is 18.1 Å². The van der Waals surface area contributed by atoms with Crippen molar-refractivity contribution >= 4 is 11.8 Å². The summed E-state index contributed by atoms with van der Waals surface area (Å²) in [4.78, 5) is 29.9. The summed E-state index contributed by atoms with van der Waals surface area (Å²) in [5.74, 6) is 0.710. The summed E-state index contributed by atoms with van der Waals surface area (Å²) in [7, 11) is 0. The topological polar surface area (TPSA) is 61.9 Å². The van der Waals surface area contributed by atoms with E-state index in [1.165, 1.54) is 11.1 Å². The van der Waals surface area contributed by atoms with Crippen LogP contribution in [0.4, 0.5) is 0 Å². The van der Waals surface area contributed by atoms with Crippen molar-refractivity contribution < 1.29 is 14.3 Å². The molecule has 0 radical (unpaired) electrons. The summed E-state index contributed by atoms with van der Waals surface area (Å²) < 4.78 is 6.29. The van der Waals surface area contributed by atoms with Gasteiger partial charge in [-0.25, -0.2) is 0 Å². The first-order valence-electron chi connectivity index (χ1n) is 12.8. The summed E-state index contributed by atoms with van der Waals surface area (Å²) in [5, 5.41) is 3.11. The van der Waals surface area contributed by atoms with E-state index in [4.69, 9.17) is 4.74 Å². The van der Waals surface area contributed by atoms with Crippen LogP contribution in [-0.2, 0) is 27.2 Å². The molecular weight excluding hydrogens is 450 g/mol. The van der Waals surface area contributed by atoms with Crippen LogP contribution in [0.2, 0.25) is 0 Å². The van der Waals surface area contributed by atoms with Crippen molar-refractivity contribution in [2.24, 2.45) is 0 Å². The third-order valence-corrected chi connectivity index (χ3v) is 7.04. The van der Waals surface area contributed by atoms with Crippen LogP contribution in [0, 0.1) is 0 Å². The summed E-state index contributed by atoms with van der Waals surface area (Å²) >= 11 is 0. The molecule has 5 rings (SSSR count). The zero-order valence-electron chi connectivity index (χ0n) is 21.3. The van der Waals surface area contributed by atoms with E-state index in [-0.39, 0.29) is 35.5 Å². The molecule has 0 saturated carbocycles. The van der Waals surface area contributed by atoms with E-state index in [1.807, 2.05) is 62.1 Å². The number of hydrogen-bond donors (Lipinski definition) is 1. The zero-order chi connectivity index (χ0) is 25.3. The average Bonchev–Trinajstić information content (AvgIpc) is 3.52. The third-order valence-electron chi connectivity index (χ3n) is 7.04. The van der Waals surface area contributed by atoms with E-state index < -0.39 is 0 Å². The summed E-state index contributed by atoms with van der Waals surface area (Å²) in [5.41, 5.74) is 3.01.